The van der Waals surface area contributed by atoms with E-state index in [1.165, 1.54) is 12.2 Å². The fourth-order valence-electron chi connectivity index (χ4n) is 6.51. The van der Waals surface area contributed by atoms with E-state index in [4.69, 9.17) is 4.74 Å². The first-order valence-electron chi connectivity index (χ1n) is 19.3. The van der Waals surface area contributed by atoms with E-state index in [1.54, 1.807) is 0 Å². The number of phosphoric ester groups is 1. The molecule has 8 atom stereocenters. The SMILES string of the molecule is O=C(CCCNC(=O)CCCCCNC(=O)CCCCC1SCC2NC(=O)NC21)NC/C=C/c1cn(C2CC(O)C(COP(=O)([O-])OP(=O)([O-])OP(=O)([O-])[O-])O2)c(=O)[nH]c1=O.[Li+].[Li+].[Li+].[Li+]. The minimum Gasteiger partial charge on any atom is -0.790 e. The number of H-pyrrole nitrogens is 1. The van der Waals surface area contributed by atoms with E-state index in [0.717, 1.165) is 48.6 Å². The van der Waals surface area contributed by atoms with Crippen molar-refractivity contribution < 1.29 is 151 Å². The number of rotatable bonds is 26. The summed E-state index contributed by atoms with van der Waals surface area (Å²) in [4.78, 5) is 119. The van der Waals surface area contributed by atoms with Gasteiger partial charge in [-0.2, -0.15) is 11.8 Å². The smallest absolute Gasteiger partial charge is 0.790 e. The maximum atomic E-state index is 12.5. The topological polar surface area (TPSA) is 384 Å². The van der Waals surface area contributed by atoms with E-state index in [9.17, 15) is 67.1 Å². The van der Waals surface area contributed by atoms with Gasteiger partial charge in [0.2, 0.25) is 17.7 Å². The molecule has 3 aliphatic heterocycles. The average Bonchev–Trinajstić information content (AvgIpc) is 3.83. The number of phosphoric acid groups is 3. The number of hydrogen-bond donors (Lipinski definition) is 7. The average molecular weight is 972 g/mol. The number of amides is 5. The number of urea groups is 1. The number of carbonyl (C=O) groups excluding carboxylic acids is 4. The zero-order valence-electron chi connectivity index (χ0n) is 36.6. The van der Waals surface area contributed by atoms with Crippen LogP contribution in [0.5, 0.6) is 0 Å². The summed E-state index contributed by atoms with van der Waals surface area (Å²) in [6, 6.07) is 0.251. The van der Waals surface area contributed by atoms with E-state index in [-0.39, 0.29) is 143 Å². The Morgan fingerprint density at radius 2 is 1.46 bits per heavy atom. The van der Waals surface area contributed by atoms with E-state index in [2.05, 4.69) is 39.7 Å². The molecule has 25 nitrogen and oxygen atoms in total. The Labute approximate surface area is 426 Å². The standard InChI is InChI=1S/C32H52N7O18P3S.4Li/c40-22-16-28(55-23(22)18-54-59(50,51)57-60(52,53)56-58(47,48)49)39-17-20(30(44)38-32(39)46)8-6-14-34-27(43)12-7-15-35-25(41)10-2-1-5-13-33-26(42)11-4-3-9-24-29-21(19-61-24)36-31(45)37-29;;;;/h6,8,17,21-24,28-29,40H,1-5,7,9-16,18-19H2,(H,33,42)(H,34,43)(H,35,41)(H,50,51)(H,52,53)(H2,36,37,45)(H,38,44,46)(H2,47,48,49);;;;/q;4*+1/p-4/b8-6+;;;;. The van der Waals surface area contributed by atoms with Crippen molar-refractivity contribution in [2.45, 2.75) is 106 Å². The zero-order valence-corrected chi connectivity index (χ0v) is 40.1. The van der Waals surface area contributed by atoms with Crippen LogP contribution in [0.1, 0.15) is 82.4 Å². The summed E-state index contributed by atoms with van der Waals surface area (Å²) in [5.74, 6) is 0.421. The molecule has 3 saturated heterocycles. The van der Waals surface area contributed by atoms with E-state index >= 15 is 0 Å². The van der Waals surface area contributed by atoms with Gasteiger partial charge in [0.1, 0.15) is 12.3 Å². The summed E-state index contributed by atoms with van der Waals surface area (Å²) < 4.78 is 50.8. The summed E-state index contributed by atoms with van der Waals surface area (Å²) in [7, 11) is -18.3. The molecule has 0 spiro atoms. The van der Waals surface area contributed by atoms with Crippen LogP contribution in [-0.2, 0) is 46.0 Å². The summed E-state index contributed by atoms with van der Waals surface area (Å²) in [6.07, 6.45) is 5.16. The van der Waals surface area contributed by atoms with Gasteiger partial charge in [-0.25, -0.2) is 13.9 Å². The van der Waals surface area contributed by atoms with Crippen molar-refractivity contribution >= 4 is 65.1 Å². The minimum absolute atomic E-state index is 0. The molecule has 4 heterocycles. The number of fused-ring (bicyclic) bond motifs is 1. The molecule has 0 aromatic carbocycles. The van der Waals surface area contributed by atoms with Gasteiger partial charge < -0.3 is 65.1 Å². The van der Waals surface area contributed by atoms with Crippen LogP contribution in [0.15, 0.2) is 21.9 Å². The summed E-state index contributed by atoms with van der Waals surface area (Å²) in [5.41, 5.74) is -1.86. The van der Waals surface area contributed by atoms with Gasteiger partial charge in [0.15, 0.2) is 0 Å². The molecular weight excluding hydrogens is 923 g/mol. The number of thioether (sulfide) groups is 1. The number of ether oxygens (including phenoxy) is 1. The zero-order chi connectivity index (χ0) is 44.8. The predicted octanol–water partition coefficient (Wildman–Crippen LogP) is -14.6. The number of aromatic nitrogens is 2. The second kappa shape index (κ2) is 30.7. The van der Waals surface area contributed by atoms with Gasteiger partial charge in [-0.05, 0) is 32.1 Å². The van der Waals surface area contributed by atoms with Crippen molar-refractivity contribution in [3.63, 3.8) is 0 Å². The molecule has 0 saturated carbocycles. The van der Waals surface area contributed by atoms with Crippen LogP contribution in [0.4, 0.5) is 4.79 Å². The third kappa shape index (κ3) is 23.6. The van der Waals surface area contributed by atoms with Crippen LogP contribution in [0.25, 0.3) is 6.08 Å². The van der Waals surface area contributed by atoms with Gasteiger partial charge in [-0.3, -0.25) is 42.2 Å². The van der Waals surface area contributed by atoms with E-state index < -0.39 is 59.8 Å². The van der Waals surface area contributed by atoms with Crippen molar-refractivity contribution in [2.75, 3.05) is 32.0 Å². The predicted molar refractivity (Wildman–Crippen MR) is 207 cm³/mol. The minimum atomic E-state index is -6.21. The Kier molecular flexibility index (Phi) is 30.3. The molecule has 3 aliphatic rings. The summed E-state index contributed by atoms with van der Waals surface area (Å²) in [6.45, 7) is -0.284. The second-order valence-electron chi connectivity index (χ2n) is 14.2. The van der Waals surface area contributed by atoms with Crippen molar-refractivity contribution in [1.29, 1.82) is 0 Å². The van der Waals surface area contributed by atoms with Crippen molar-refractivity contribution in [2.24, 2.45) is 0 Å². The Morgan fingerprint density at radius 3 is 2.12 bits per heavy atom. The third-order valence-electron chi connectivity index (χ3n) is 9.41. The Hall–Kier alpha value is -0.830. The second-order valence-corrected chi connectivity index (χ2v) is 19.7. The monoisotopic (exact) mass is 971 g/mol. The van der Waals surface area contributed by atoms with Crippen LogP contribution in [-0.4, -0.2) is 99.9 Å². The van der Waals surface area contributed by atoms with Crippen LogP contribution in [0.2, 0.25) is 0 Å². The van der Waals surface area contributed by atoms with Gasteiger partial charge in [-0.1, -0.05) is 25.0 Å². The molecule has 7 N–H and O–H groups in total. The fourth-order valence-corrected chi connectivity index (χ4v) is 10.9. The van der Waals surface area contributed by atoms with Gasteiger partial charge in [-0.15, -0.1) is 0 Å². The van der Waals surface area contributed by atoms with Crippen molar-refractivity contribution in [3.05, 3.63) is 38.7 Å². The molecule has 5 amide bonds. The van der Waals surface area contributed by atoms with Crippen LogP contribution in [0.3, 0.4) is 0 Å². The Morgan fingerprint density at radius 1 is 0.846 bits per heavy atom. The summed E-state index contributed by atoms with van der Waals surface area (Å²) in [5, 5.41) is 24.9. The molecule has 0 radical (unpaired) electrons. The Bertz CT molecular complexity index is 2020. The molecule has 0 bridgehead atoms. The Balaban J connectivity index is 0.0000102. The number of nitrogens with zero attached hydrogens (tertiary/aromatic N) is 1. The van der Waals surface area contributed by atoms with Gasteiger partial charge >= 0.3 is 87.2 Å². The quantitative estimate of drug-likeness (QED) is 0.0196. The van der Waals surface area contributed by atoms with Crippen LogP contribution >= 0.6 is 35.2 Å². The van der Waals surface area contributed by atoms with Crippen molar-refractivity contribution in [1.82, 2.24) is 36.1 Å². The largest absolute Gasteiger partial charge is 1.00 e. The number of unbranched alkanes of at least 4 members (excludes halogenated alkanes) is 3. The fraction of sp³-hybridized carbons (Fsp3) is 0.688. The normalized spacial score (nSPS) is 22.9. The number of carbonyl (C=O) groups is 4. The van der Waals surface area contributed by atoms with Crippen LogP contribution < -0.4 is 133 Å². The number of aromatic amines is 1. The van der Waals surface area contributed by atoms with Gasteiger partial charge in [0.25, 0.3) is 21.2 Å². The molecule has 33 heteroatoms. The molecule has 1 aromatic rings. The maximum absolute atomic E-state index is 12.5. The molecule has 1 aromatic heterocycles. The first-order chi connectivity index (χ1) is 28.7. The molecular formula is C32H48Li4N7O18P3S. The van der Waals surface area contributed by atoms with E-state index in [1.807, 2.05) is 16.7 Å². The van der Waals surface area contributed by atoms with Gasteiger partial charge in [0.05, 0.1) is 38.2 Å². The number of nitrogens with one attached hydrogen (secondary N) is 6. The number of aliphatic hydroxyl groups excluding tert-OH is 1. The first-order valence-corrected chi connectivity index (χ1v) is 24.7. The van der Waals surface area contributed by atoms with Crippen molar-refractivity contribution in [3.8, 4) is 0 Å². The number of aliphatic hydroxyl groups is 1. The molecule has 65 heavy (non-hydrogen) atoms. The third-order valence-corrected chi connectivity index (χ3v) is 14.6. The molecule has 344 valence electrons. The molecule has 8 unspecified atom stereocenters. The molecule has 3 fully saturated rings. The molecule has 0 aliphatic carbocycles. The maximum Gasteiger partial charge on any atom is 1.00 e. The van der Waals surface area contributed by atoms with Gasteiger partial charge in [0, 0.05) is 62.5 Å². The first kappa shape index (κ1) is 64.2. The molecule has 4 rings (SSSR count). The van der Waals surface area contributed by atoms with Crippen LogP contribution in [0, 0.1) is 0 Å². The number of hydrogen-bond acceptors (Lipinski definition) is 19. The summed E-state index contributed by atoms with van der Waals surface area (Å²) >= 11 is 1.85. The van der Waals surface area contributed by atoms with E-state index in [0.29, 0.717) is 37.5 Å².